The van der Waals surface area contributed by atoms with Gasteiger partial charge in [-0.25, -0.2) is 4.98 Å². The highest BCUT2D eigenvalue weighted by molar-refractivity contribution is 5.77. The lowest BCUT2D eigenvalue weighted by molar-refractivity contribution is 0.618. The Hall–Kier alpha value is -2.61. The molecular formula is C21H21NO. The number of hydrogen-bond acceptors (Lipinski definition) is 2. The van der Waals surface area contributed by atoms with Gasteiger partial charge in [-0.1, -0.05) is 54.6 Å². The summed E-state index contributed by atoms with van der Waals surface area (Å²) < 4.78 is 6.04. The molecular weight excluding hydrogens is 282 g/mol. The first kappa shape index (κ1) is 15.3. The Morgan fingerprint density at radius 3 is 2.13 bits per heavy atom. The van der Waals surface area contributed by atoms with Crippen molar-refractivity contribution in [3.8, 4) is 11.5 Å². The van der Waals surface area contributed by atoms with Crippen LogP contribution in [-0.4, -0.2) is 4.98 Å². The Kier molecular flexibility index (Phi) is 4.72. The van der Waals surface area contributed by atoms with Crippen LogP contribution >= 0.6 is 0 Å². The third-order valence-corrected chi connectivity index (χ3v) is 3.89. The van der Waals surface area contributed by atoms with Gasteiger partial charge in [0.2, 0.25) is 5.89 Å². The summed E-state index contributed by atoms with van der Waals surface area (Å²) >= 11 is 0. The Morgan fingerprint density at radius 1 is 0.870 bits per heavy atom. The number of benzene rings is 2. The van der Waals surface area contributed by atoms with E-state index in [-0.39, 0.29) is 0 Å². The van der Waals surface area contributed by atoms with Crippen LogP contribution in [0.4, 0.5) is 0 Å². The number of nitrogens with zero attached hydrogens (tertiary/aromatic N) is 1. The van der Waals surface area contributed by atoms with E-state index in [0.29, 0.717) is 5.89 Å². The Labute approximate surface area is 137 Å². The molecule has 0 saturated heterocycles. The van der Waals surface area contributed by atoms with E-state index in [1.54, 1.807) is 0 Å². The standard InChI is InChI=1S/C21H21NO/c1-3-5-10-16-12-9-13-17(11-6-4-2)20(16)21-22-18-14-7-8-15-19(18)23-21/h3-9,12-15H,10-11H2,1-2H3/b5-3+,6-4+. The van der Waals surface area contributed by atoms with Crippen LogP contribution in [0.2, 0.25) is 0 Å². The zero-order valence-corrected chi connectivity index (χ0v) is 13.6. The number of rotatable bonds is 5. The van der Waals surface area contributed by atoms with E-state index < -0.39 is 0 Å². The van der Waals surface area contributed by atoms with Crippen molar-refractivity contribution in [2.45, 2.75) is 26.7 Å². The summed E-state index contributed by atoms with van der Waals surface area (Å²) in [5, 5.41) is 0. The minimum Gasteiger partial charge on any atom is -0.436 e. The predicted molar refractivity (Wildman–Crippen MR) is 96.5 cm³/mol. The summed E-state index contributed by atoms with van der Waals surface area (Å²) in [5.41, 5.74) is 5.36. The molecule has 1 heterocycles. The van der Waals surface area contributed by atoms with Crippen molar-refractivity contribution in [2.75, 3.05) is 0 Å². The molecule has 2 heteroatoms. The molecule has 0 atom stereocenters. The van der Waals surface area contributed by atoms with Crippen LogP contribution in [0.25, 0.3) is 22.6 Å². The SMILES string of the molecule is C/C=C/Cc1cccc(C/C=C/C)c1-c1nc2ccccc2o1. The van der Waals surface area contributed by atoms with Gasteiger partial charge >= 0.3 is 0 Å². The molecule has 0 aliphatic rings. The van der Waals surface area contributed by atoms with Gasteiger partial charge < -0.3 is 4.42 Å². The lowest BCUT2D eigenvalue weighted by Gasteiger charge is -2.10. The molecule has 0 radical (unpaired) electrons. The zero-order chi connectivity index (χ0) is 16.1. The summed E-state index contributed by atoms with van der Waals surface area (Å²) in [6.07, 6.45) is 10.3. The van der Waals surface area contributed by atoms with E-state index in [0.717, 1.165) is 29.5 Å². The summed E-state index contributed by atoms with van der Waals surface area (Å²) in [7, 11) is 0. The molecule has 0 unspecified atom stereocenters. The lowest BCUT2D eigenvalue weighted by atomic mass is 9.96. The van der Waals surface area contributed by atoms with E-state index in [4.69, 9.17) is 9.40 Å². The fourth-order valence-corrected chi connectivity index (χ4v) is 2.74. The second kappa shape index (κ2) is 7.10. The van der Waals surface area contributed by atoms with Crippen molar-refractivity contribution < 1.29 is 4.42 Å². The molecule has 23 heavy (non-hydrogen) atoms. The highest BCUT2D eigenvalue weighted by atomic mass is 16.3. The maximum absolute atomic E-state index is 6.04. The molecule has 3 aromatic rings. The van der Waals surface area contributed by atoms with Crippen LogP contribution < -0.4 is 0 Å². The number of fused-ring (bicyclic) bond motifs is 1. The predicted octanol–water partition coefficient (Wildman–Crippen LogP) is 5.73. The van der Waals surface area contributed by atoms with Gasteiger partial charge in [0.1, 0.15) is 5.52 Å². The maximum Gasteiger partial charge on any atom is 0.227 e. The number of allylic oxidation sites excluding steroid dienone is 4. The summed E-state index contributed by atoms with van der Waals surface area (Å²) in [6, 6.07) is 14.3. The highest BCUT2D eigenvalue weighted by Gasteiger charge is 2.15. The monoisotopic (exact) mass is 303 g/mol. The Morgan fingerprint density at radius 2 is 1.52 bits per heavy atom. The number of hydrogen-bond donors (Lipinski definition) is 0. The molecule has 0 bridgehead atoms. The first-order valence-corrected chi connectivity index (χ1v) is 8.02. The van der Waals surface area contributed by atoms with E-state index in [1.165, 1.54) is 11.1 Å². The minimum atomic E-state index is 0.714. The van der Waals surface area contributed by atoms with Crippen LogP contribution in [0.1, 0.15) is 25.0 Å². The molecule has 0 saturated carbocycles. The third-order valence-electron chi connectivity index (χ3n) is 3.89. The first-order chi connectivity index (χ1) is 11.3. The zero-order valence-electron chi connectivity index (χ0n) is 13.6. The van der Waals surface area contributed by atoms with E-state index >= 15 is 0 Å². The molecule has 2 nitrogen and oxygen atoms in total. The van der Waals surface area contributed by atoms with Crippen molar-refractivity contribution in [1.29, 1.82) is 0 Å². The molecule has 0 N–H and O–H groups in total. The van der Waals surface area contributed by atoms with Gasteiger partial charge in [0, 0.05) is 5.56 Å². The molecule has 0 aliphatic carbocycles. The largest absolute Gasteiger partial charge is 0.436 e. The molecule has 0 spiro atoms. The van der Waals surface area contributed by atoms with Gasteiger partial charge in [0.15, 0.2) is 5.58 Å². The second-order valence-corrected chi connectivity index (χ2v) is 5.48. The number of oxazole rings is 1. The Balaban J connectivity index is 2.16. The maximum atomic E-state index is 6.04. The van der Waals surface area contributed by atoms with Crippen LogP contribution in [0.3, 0.4) is 0 Å². The van der Waals surface area contributed by atoms with Gasteiger partial charge in [-0.3, -0.25) is 0 Å². The van der Waals surface area contributed by atoms with Crippen molar-refractivity contribution in [2.24, 2.45) is 0 Å². The minimum absolute atomic E-state index is 0.714. The first-order valence-electron chi connectivity index (χ1n) is 8.02. The number of para-hydroxylation sites is 2. The van der Waals surface area contributed by atoms with Gasteiger partial charge in [-0.15, -0.1) is 0 Å². The van der Waals surface area contributed by atoms with Gasteiger partial charge in [0.25, 0.3) is 0 Å². The van der Waals surface area contributed by atoms with Crippen LogP contribution in [-0.2, 0) is 12.8 Å². The van der Waals surface area contributed by atoms with Gasteiger partial charge in [0.05, 0.1) is 0 Å². The third kappa shape index (κ3) is 3.26. The molecule has 116 valence electrons. The topological polar surface area (TPSA) is 26.0 Å². The average molecular weight is 303 g/mol. The number of aromatic nitrogens is 1. The van der Waals surface area contributed by atoms with Crippen molar-refractivity contribution >= 4 is 11.1 Å². The molecule has 0 amide bonds. The van der Waals surface area contributed by atoms with Crippen molar-refractivity contribution in [3.05, 3.63) is 77.9 Å². The van der Waals surface area contributed by atoms with Gasteiger partial charge in [-0.2, -0.15) is 0 Å². The lowest BCUT2D eigenvalue weighted by Crippen LogP contribution is -1.95. The van der Waals surface area contributed by atoms with Crippen molar-refractivity contribution in [1.82, 2.24) is 4.98 Å². The fourth-order valence-electron chi connectivity index (χ4n) is 2.74. The van der Waals surface area contributed by atoms with Gasteiger partial charge in [-0.05, 0) is 49.9 Å². The van der Waals surface area contributed by atoms with E-state index in [9.17, 15) is 0 Å². The van der Waals surface area contributed by atoms with Crippen LogP contribution in [0.15, 0.2) is 71.2 Å². The second-order valence-electron chi connectivity index (χ2n) is 5.48. The summed E-state index contributed by atoms with van der Waals surface area (Å²) in [5.74, 6) is 0.714. The van der Waals surface area contributed by atoms with Crippen molar-refractivity contribution in [3.63, 3.8) is 0 Å². The molecule has 0 aliphatic heterocycles. The highest BCUT2D eigenvalue weighted by Crippen LogP contribution is 2.31. The van der Waals surface area contributed by atoms with Crippen LogP contribution in [0.5, 0.6) is 0 Å². The quantitative estimate of drug-likeness (QED) is 0.562. The fraction of sp³-hybridized carbons (Fsp3) is 0.190. The molecule has 1 aromatic heterocycles. The molecule has 3 rings (SSSR count). The summed E-state index contributed by atoms with van der Waals surface area (Å²) in [6.45, 7) is 4.09. The summed E-state index contributed by atoms with van der Waals surface area (Å²) in [4.78, 5) is 4.71. The van der Waals surface area contributed by atoms with E-state index in [2.05, 4.69) is 42.5 Å². The molecule has 0 fully saturated rings. The average Bonchev–Trinajstić information content (AvgIpc) is 3.01. The van der Waals surface area contributed by atoms with E-state index in [1.807, 2.05) is 38.1 Å². The Bertz CT molecular complexity index is 790. The van der Waals surface area contributed by atoms with Crippen LogP contribution in [0, 0.1) is 0 Å². The normalized spacial score (nSPS) is 11.9. The smallest absolute Gasteiger partial charge is 0.227 e. The molecule has 2 aromatic carbocycles.